The number of nitrogens with one attached hydrogen (secondary N) is 1. The third kappa shape index (κ3) is 3.89. The fourth-order valence-electron chi connectivity index (χ4n) is 1.69. The van der Waals surface area contributed by atoms with E-state index in [2.05, 4.69) is 29.5 Å². The predicted octanol–water partition coefficient (Wildman–Crippen LogP) is 3.81. The van der Waals surface area contributed by atoms with Crippen LogP contribution in [0.4, 0.5) is 5.82 Å². The summed E-state index contributed by atoms with van der Waals surface area (Å²) in [6, 6.07) is 12.1. The highest BCUT2D eigenvalue weighted by atomic mass is 32.2. The minimum absolute atomic E-state index is 0.539. The summed E-state index contributed by atoms with van der Waals surface area (Å²) < 4.78 is 5.83. The van der Waals surface area contributed by atoms with E-state index < -0.39 is 0 Å². The van der Waals surface area contributed by atoms with Crippen LogP contribution in [0.25, 0.3) is 0 Å². The molecule has 1 heterocycles. The molecule has 1 N–H and O–H groups in total. The second-order valence-electron chi connectivity index (χ2n) is 4.02. The van der Waals surface area contributed by atoms with Crippen molar-refractivity contribution in [2.45, 2.75) is 18.4 Å². The minimum atomic E-state index is 0.539. The molecular weight excluding hydrogens is 256 g/mol. The number of benzene rings is 1. The summed E-state index contributed by atoms with van der Waals surface area (Å²) >= 11 is 1.69. The van der Waals surface area contributed by atoms with E-state index in [-0.39, 0.29) is 0 Å². The third-order valence-electron chi connectivity index (χ3n) is 2.65. The van der Waals surface area contributed by atoms with Gasteiger partial charge < -0.3 is 10.1 Å². The van der Waals surface area contributed by atoms with Gasteiger partial charge in [0.1, 0.15) is 18.2 Å². The van der Waals surface area contributed by atoms with E-state index in [1.165, 1.54) is 0 Å². The van der Waals surface area contributed by atoms with E-state index in [1.807, 2.05) is 36.5 Å². The zero-order valence-corrected chi connectivity index (χ0v) is 12.0. The zero-order valence-electron chi connectivity index (χ0n) is 11.2. The molecular formula is C15H18N2OS. The molecule has 0 atom stereocenters. The quantitative estimate of drug-likeness (QED) is 0.812. The molecule has 4 heteroatoms. The van der Waals surface area contributed by atoms with Crippen LogP contribution in [0.15, 0.2) is 47.5 Å². The van der Waals surface area contributed by atoms with Crippen LogP contribution in [0.3, 0.4) is 0 Å². The van der Waals surface area contributed by atoms with Crippen molar-refractivity contribution in [3.8, 4) is 5.75 Å². The van der Waals surface area contributed by atoms with E-state index in [0.717, 1.165) is 28.6 Å². The molecule has 0 spiro atoms. The van der Waals surface area contributed by atoms with Crippen molar-refractivity contribution in [1.29, 1.82) is 0 Å². The molecule has 0 aliphatic rings. The Labute approximate surface area is 118 Å². The van der Waals surface area contributed by atoms with Gasteiger partial charge in [-0.15, -0.1) is 11.8 Å². The van der Waals surface area contributed by atoms with Crippen LogP contribution < -0.4 is 10.1 Å². The molecule has 0 radical (unpaired) electrons. The van der Waals surface area contributed by atoms with Gasteiger partial charge in [-0.1, -0.05) is 18.2 Å². The van der Waals surface area contributed by atoms with Gasteiger partial charge in [-0.3, -0.25) is 0 Å². The molecule has 0 saturated carbocycles. The maximum Gasteiger partial charge on any atom is 0.133 e. The Morgan fingerprint density at radius 3 is 2.74 bits per heavy atom. The van der Waals surface area contributed by atoms with Crippen molar-refractivity contribution in [3.63, 3.8) is 0 Å². The lowest BCUT2D eigenvalue weighted by Crippen LogP contribution is -2.01. The normalized spacial score (nSPS) is 10.2. The van der Waals surface area contributed by atoms with Crippen LogP contribution in [-0.4, -0.2) is 17.8 Å². The number of ether oxygens (including phenoxy) is 1. The first-order chi connectivity index (χ1) is 9.33. The Kier molecular flexibility index (Phi) is 5.10. The molecule has 0 fully saturated rings. The average Bonchev–Trinajstić information content (AvgIpc) is 2.47. The molecule has 0 bridgehead atoms. The number of thioether (sulfide) groups is 1. The Morgan fingerprint density at radius 2 is 2.05 bits per heavy atom. The first-order valence-electron chi connectivity index (χ1n) is 6.28. The molecule has 19 heavy (non-hydrogen) atoms. The summed E-state index contributed by atoms with van der Waals surface area (Å²) in [6.45, 7) is 3.47. The maximum atomic E-state index is 5.83. The molecule has 1 aromatic heterocycles. The molecule has 0 aliphatic carbocycles. The number of rotatable bonds is 6. The number of aromatic nitrogens is 1. The van der Waals surface area contributed by atoms with Gasteiger partial charge in [0.25, 0.3) is 0 Å². The summed E-state index contributed by atoms with van der Waals surface area (Å²) in [5.74, 6) is 1.82. The lowest BCUT2D eigenvalue weighted by molar-refractivity contribution is 0.298. The Balaban J connectivity index is 1.98. The summed E-state index contributed by atoms with van der Waals surface area (Å²) in [6.07, 6.45) is 3.90. The standard InChI is InChI=1S/C15H18N2OS/c1-3-16-15-9-8-12(10-17-15)11-18-13-6-4-5-7-14(13)19-2/h4-10H,3,11H2,1-2H3,(H,16,17). The monoisotopic (exact) mass is 274 g/mol. The highest BCUT2D eigenvalue weighted by Crippen LogP contribution is 2.27. The molecule has 100 valence electrons. The SMILES string of the molecule is CCNc1ccc(COc2ccccc2SC)cn1. The van der Waals surface area contributed by atoms with Gasteiger partial charge in [0.2, 0.25) is 0 Å². The van der Waals surface area contributed by atoms with Gasteiger partial charge in [-0.2, -0.15) is 0 Å². The lowest BCUT2D eigenvalue weighted by atomic mass is 10.3. The van der Waals surface area contributed by atoms with Crippen molar-refractivity contribution >= 4 is 17.6 Å². The molecule has 3 nitrogen and oxygen atoms in total. The number of anilines is 1. The topological polar surface area (TPSA) is 34.1 Å². The highest BCUT2D eigenvalue weighted by Gasteiger charge is 2.02. The molecule has 2 aromatic rings. The fourth-order valence-corrected chi connectivity index (χ4v) is 2.24. The minimum Gasteiger partial charge on any atom is -0.488 e. The van der Waals surface area contributed by atoms with E-state index in [1.54, 1.807) is 11.8 Å². The molecule has 0 amide bonds. The molecule has 0 unspecified atom stereocenters. The molecule has 0 saturated heterocycles. The Hall–Kier alpha value is -1.68. The van der Waals surface area contributed by atoms with Crippen molar-refractivity contribution < 1.29 is 4.74 Å². The Morgan fingerprint density at radius 1 is 1.21 bits per heavy atom. The van der Waals surface area contributed by atoms with Crippen molar-refractivity contribution in [1.82, 2.24) is 4.98 Å². The summed E-state index contributed by atoms with van der Waals surface area (Å²) in [4.78, 5) is 5.48. The van der Waals surface area contributed by atoms with Gasteiger partial charge in [-0.05, 0) is 31.4 Å². The first kappa shape index (κ1) is 13.7. The van der Waals surface area contributed by atoms with Crippen molar-refractivity contribution in [2.75, 3.05) is 18.1 Å². The Bertz CT molecular complexity index is 514. The lowest BCUT2D eigenvalue weighted by Gasteiger charge is -2.10. The van der Waals surface area contributed by atoms with Crippen LogP contribution in [0.1, 0.15) is 12.5 Å². The smallest absolute Gasteiger partial charge is 0.133 e. The summed E-state index contributed by atoms with van der Waals surface area (Å²) in [7, 11) is 0. The number of para-hydroxylation sites is 1. The third-order valence-corrected chi connectivity index (χ3v) is 3.42. The van der Waals surface area contributed by atoms with E-state index in [0.29, 0.717) is 6.61 Å². The molecule has 0 aliphatic heterocycles. The zero-order chi connectivity index (χ0) is 13.5. The second kappa shape index (κ2) is 7.04. The maximum absolute atomic E-state index is 5.83. The molecule has 1 aromatic carbocycles. The van der Waals surface area contributed by atoms with Crippen LogP contribution in [0.2, 0.25) is 0 Å². The average molecular weight is 274 g/mol. The number of nitrogens with zero attached hydrogens (tertiary/aromatic N) is 1. The van der Waals surface area contributed by atoms with E-state index in [9.17, 15) is 0 Å². The van der Waals surface area contributed by atoms with Crippen molar-refractivity contribution in [2.24, 2.45) is 0 Å². The van der Waals surface area contributed by atoms with Crippen LogP contribution in [-0.2, 0) is 6.61 Å². The van der Waals surface area contributed by atoms with Crippen LogP contribution in [0, 0.1) is 0 Å². The number of pyridine rings is 1. The van der Waals surface area contributed by atoms with Gasteiger partial charge in [0, 0.05) is 23.2 Å². The highest BCUT2D eigenvalue weighted by molar-refractivity contribution is 7.98. The van der Waals surface area contributed by atoms with E-state index in [4.69, 9.17) is 4.74 Å². The molecule has 2 rings (SSSR count). The fraction of sp³-hybridized carbons (Fsp3) is 0.267. The number of hydrogen-bond donors (Lipinski definition) is 1. The van der Waals surface area contributed by atoms with Gasteiger partial charge >= 0.3 is 0 Å². The summed E-state index contributed by atoms with van der Waals surface area (Å²) in [5, 5.41) is 3.17. The van der Waals surface area contributed by atoms with Gasteiger partial charge in [0.15, 0.2) is 0 Å². The van der Waals surface area contributed by atoms with Crippen LogP contribution in [0.5, 0.6) is 5.75 Å². The van der Waals surface area contributed by atoms with Crippen LogP contribution >= 0.6 is 11.8 Å². The van der Waals surface area contributed by atoms with Crippen molar-refractivity contribution in [3.05, 3.63) is 48.2 Å². The predicted molar refractivity (Wildman–Crippen MR) is 81.0 cm³/mol. The van der Waals surface area contributed by atoms with Gasteiger partial charge in [0.05, 0.1) is 0 Å². The number of hydrogen-bond acceptors (Lipinski definition) is 4. The van der Waals surface area contributed by atoms with E-state index >= 15 is 0 Å². The van der Waals surface area contributed by atoms with Gasteiger partial charge in [-0.25, -0.2) is 4.98 Å². The second-order valence-corrected chi connectivity index (χ2v) is 4.87. The first-order valence-corrected chi connectivity index (χ1v) is 7.50. The summed E-state index contributed by atoms with van der Waals surface area (Å²) in [5.41, 5.74) is 1.07. The largest absolute Gasteiger partial charge is 0.488 e.